The second-order valence-electron chi connectivity index (χ2n) is 8.70. The third-order valence-corrected chi connectivity index (χ3v) is 6.54. The van der Waals surface area contributed by atoms with E-state index in [-0.39, 0.29) is 24.8 Å². The van der Waals surface area contributed by atoms with E-state index in [0.717, 1.165) is 5.56 Å². The van der Waals surface area contributed by atoms with E-state index >= 15 is 0 Å². The molecule has 0 saturated carbocycles. The van der Waals surface area contributed by atoms with Crippen LogP contribution in [0.25, 0.3) is 22.2 Å². The maximum absolute atomic E-state index is 14.3. The van der Waals surface area contributed by atoms with E-state index in [0.29, 0.717) is 33.5 Å². The first-order valence-electron chi connectivity index (χ1n) is 11.1. The number of methoxy groups -OCH3 is 1. The Kier molecular flexibility index (Phi) is 4.78. The van der Waals surface area contributed by atoms with Crippen LogP contribution in [0.4, 0.5) is 9.18 Å². The monoisotopic (exact) mass is 486 g/mol. The molecule has 0 aliphatic carbocycles. The minimum absolute atomic E-state index is 0.134. The number of rotatable bonds is 5. The SMILES string of the molecule is COc1ccc2c(c1)C(=O)N(CC1(c3cc4cnc(-c5ccccc5F)cc4o3)NC(=O)NC1=O)C2. The number of fused-ring (bicyclic) bond motifs is 2. The highest BCUT2D eigenvalue weighted by molar-refractivity contribution is 6.08. The molecule has 2 N–H and O–H groups in total. The number of amides is 4. The number of hydrogen-bond donors (Lipinski definition) is 2. The number of pyridine rings is 1. The average molecular weight is 486 g/mol. The van der Waals surface area contributed by atoms with Gasteiger partial charge in [0, 0.05) is 35.3 Å². The van der Waals surface area contributed by atoms with Gasteiger partial charge in [-0.15, -0.1) is 0 Å². The summed E-state index contributed by atoms with van der Waals surface area (Å²) in [5.74, 6) is -0.693. The molecule has 2 aromatic heterocycles. The molecular weight excluding hydrogens is 467 g/mol. The lowest BCUT2D eigenvalue weighted by Crippen LogP contribution is -2.52. The molecule has 4 amide bonds. The number of aromatic nitrogens is 1. The van der Waals surface area contributed by atoms with Crippen LogP contribution in [0, 0.1) is 5.82 Å². The maximum atomic E-state index is 14.3. The highest BCUT2D eigenvalue weighted by atomic mass is 19.1. The molecule has 1 saturated heterocycles. The van der Waals surface area contributed by atoms with Gasteiger partial charge in [0.15, 0.2) is 5.54 Å². The van der Waals surface area contributed by atoms with Crippen molar-refractivity contribution in [1.29, 1.82) is 0 Å². The van der Waals surface area contributed by atoms with Crippen molar-refractivity contribution in [3.63, 3.8) is 0 Å². The molecule has 2 aliphatic heterocycles. The number of halogens is 1. The summed E-state index contributed by atoms with van der Waals surface area (Å²) < 4.78 is 25.6. The predicted molar refractivity (Wildman–Crippen MR) is 125 cm³/mol. The second-order valence-corrected chi connectivity index (χ2v) is 8.70. The summed E-state index contributed by atoms with van der Waals surface area (Å²) in [5, 5.41) is 5.46. The number of nitrogens with zero attached hydrogens (tertiary/aromatic N) is 2. The van der Waals surface area contributed by atoms with Crippen molar-refractivity contribution in [3.8, 4) is 17.0 Å². The summed E-state index contributed by atoms with van der Waals surface area (Å²) in [6.07, 6.45) is 1.51. The van der Waals surface area contributed by atoms with E-state index in [9.17, 15) is 18.8 Å². The van der Waals surface area contributed by atoms with E-state index in [4.69, 9.17) is 9.15 Å². The molecule has 0 bridgehead atoms. The number of benzene rings is 2. The highest BCUT2D eigenvalue weighted by Gasteiger charge is 2.53. The predicted octanol–water partition coefficient (Wildman–Crippen LogP) is 3.33. The van der Waals surface area contributed by atoms with Crippen molar-refractivity contribution in [2.24, 2.45) is 0 Å². The molecular formula is C26H19FN4O5. The third kappa shape index (κ3) is 3.29. The summed E-state index contributed by atoms with van der Waals surface area (Å²) in [7, 11) is 1.51. The molecule has 10 heteroatoms. The van der Waals surface area contributed by atoms with Crippen LogP contribution in [-0.2, 0) is 16.9 Å². The molecule has 4 heterocycles. The Bertz CT molecular complexity index is 1580. The Morgan fingerprint density at radius 3 is 2.69 bits per heavy atom. The Labute approximate surface area is 203 Å². The highest BCUT2D eigenvalue weighted by Crippen LogP contribution is 2.35. The Morgan fingerprint density at radius 2 is 1.94 bits per heavy atom. The first kappa shape index (κ1) is 21.8. The normalized spacial score (nSPS) is 18.9. The first-order chi connectivity index (χ1) is 17.4. The molecule has 9 nitrogen and oxygen atoms in total. The Hall–Kier alpha value is -4.73. The lowest BCUT2D eigenvalue weighted by atomic mass is 9.95. The van der Waals surface area contributed by atoms with Gasteiger partial charge in [-0.3, -0.25) is 19.9 Å². The van der Waals surface area contributed by atoms with Crippen molar-refractivity contribution in [1.82, 2.24) is 20.5 Å². The van der Waals surface area contributed by atoms with E-state index in [1.54, 1.807) is 48.5 Å². The molecule has 180 valence electrons. The fraction of sp³-hybridized carbons (Fsp3) is 0.154. The van der Waals surface area contributed by atoms with Crippen LogP contribution in [0.3, 0.4) is 0 Å². The summed E-state index contributed by atoms with van der Waals surface area (Å²) in [6.45, 7) is 0.0934. The first-order valence-corrected chi connectivity index (χ1v) is 11.1. The summed E-state index contributed by atoms with van der Waals surface area (Å²) in [4.78, 5) is 44.3. The number of nitrogens with one attached hydrogen (secondary N) is 2. The van der Waals surface area contributed by atoms with Crippen LogP contribution in [0.2, 0.25) is 0 Å². The standard InChI is InChI=1S/C26H19FN4O5/c1-35-16-7-6-14-12-31(23(32)18(14)9-16)13-26(24(33)29-25(34)30-26)22-8-15-11-28-20(10-21(15)36-22)17-4-2-3-5-19(17)27/h2-11H,12-13H2,1H3,(H2,29,30,33,34). The van der Waals surface area contributed by atoms with Gasteiger partial charge in [-0.05, 0) is 35.9 Å². The van der Waals surface area contributed by atoms with E-state index in [2.05, 4.69) is 15.6 Å². The second kappa shape index (κ2) is 7.91. The summed E-state index contributed by atoms with van der Waals surface area (Å²) >= 11 is 0. The fourth-order valence-electron chi connectivity index (χ4n) is 4.70. The number of furan rings is 1. The Morgan fingerprint density at radius 1 is 1.11 bits per heavy atom. The van der Waals surface area contributed by atoms with Gasteiger partial charge >= 0.3 is 6.03 Å². The van der Waals surface area contributed by atoms with Gasteiger partial charge in [-0.25, -0.2) is 9.18 Å². The quantitative estimate of drug-likeness (QED) is 0.419. The average Bonchev–Trinajstić information content (AvgIpc) is 3.52. The Balaban J connectivity index is 1.39. The lowest BCUT2D eigenvalue weighted by molar-refractivity contribution is -0.125. The van der Waals surface area contributed by atoms with Gasteiger partial charge in [-0.1, -0.05) is 18.2 Å². The van der Waals surface area contributed by atoms with Crippen molar-refractivity contribution < 1.29 is 27.9 Å². The minimum atomic E-state index is -1.66. The zero-order chi connectivity index (χ0) is 25.0. The number of imide groups is 1. The third-order valence-electron chi connectivity index (χ3n) is 6.54. The molecule has 1 atom stereocenters. The molecule has 1 unspecified atom stereocenters. The topological polar surface area (TPSA) is 114 Å². The molecule has 0 radical (unpaired) electrons. The molecule has 1 fully saturated rings. The van der Waals surface area contributed by atoms with Crippen LogP contribution < -0.4 is 15.4 Å². The number of carbonyl (C=O) groups excluding carboxylic acids is 3. The van der Waals surface area contributed by atoms with E-state index < -0.39 is 23.3 Å². The van der Waals surface area contributed by atoms with Crippen LogP contribution in [-0.4, -0.2) is 41.4 Å². The van der Waals surface area contributed by atoms with E-state index in [1.165, 1.54) is 24.3 Å². The van der Waals surface area contributed by atoms with Crippen LogP contribution in [0.15, 0.2) is 65.2 Å². The molecule has 36 heavy (non-hydrogen) atoms. The molecule has 0 spiro atoms. The maximum Gasteiger partial charge on any atom is 0.322 e. The summed E-state index contributed by atoms with van der Waals surface area (Å²) in [5.41, 5.74) is 0.606. The van der Waals surface area contributed by atoms with Crippen molar-refractivity contribution in [3.05, 3.63) is 83.5 Å². The molecule has 2 aromatic carbocycles. The van der Waals surface area contributed by atoms with Crippen molar-refractivity contribution in [2.45, 2.75) is 12.1 Å². The van der Waals surface area contributed by atoms with Gasteiger partial charge in [0.05, 0.1) is 19.3 Å². The van der Waals surface area contributed by atoms with Gasteiger partial charge in [0.2, 0.25) is 0 Å². The lowest BCUT2D eigenvalue weighted by Gasteiger charge is -2.29. The molecule has 2 aliphatic rings. The van der Waals surface area contributed by atoms with Crippen LogP contribution in [0.5, 0.6) is 5.75 Å². The number of urea groups is 1. The minimum Gasteiger partial charge on any atom is -0.497 e. The molecule has 6 rings (SSSR count). The number of carbonyl (C=O) groups is 3. The number of ether oxygens (including phenoxy) is 1. The largest absolute Gasteiger partial charge is 0.497 e. The van der Waals surface area contributed by atoms with Gasteiger partial charge in [-0.2, -0.15) is 0 Å². The zero-order valence-corrected chi connectivity index (χ0v) is 19.0. The number of hydrogen-bond acceptors (Lipinski definition) is 6. The van der Waals surface area contributed by atoms with Crippen molar-refractivity contribution in [2.75, 3.05) is 13.7 Å². The smallest absolute Gasteiger partial charge is 0.322 e. The van der Waals surface area contributed by atoms with Crippen LogP contribution in [0.1, 0.15) is 21.7 Å². The van der Waals surface area contributed by atoms with Gasteiger partial charge in [0.1, 0.15) is 22.9 Å². The summed E-state index contributed by atoms with van der Waals surface area (Å²) in [6, 6.07) is 13.9. The van der Waals surface area contributed by atoms with Gasteiger partial charge < -0.3 is 19.4 Å². The van der Waals surface area contributed by atoms with E-state index in [1.807, 2.05) is 0 Å². The zero-order valence-electron chi connectivity index (χ0n) is 19.0. The molecule has 4 aromatic rings. The van der Waals surface area contributed by atoms with Crippen molar-refractivity contribution >= 4 is 28.8 Å². The fourth-order valence-corrected chi connectivity index (χ4v) is 4.70. The van der Waals surface area contributed by atoms with Crippen LogP contribution >= 0.6 is 0 Å². The van der Waals surface area contributed by atoms with Gasteiger partial charge in [0.25, 0.3) is 11.8 Å².